The van der Waals surface area contributed by atoms with Crippen LogP contribution < -0.4 is 0 Å². The van der Waals surface area contributed by atoms with Gasteiger partial charge >= 0.3 is 0 Å². The highest BCUT2D eigenvalue weighted by atomic mass is 16.1. The summed E-state index contributed by atoms with van der Waals surface area (Å²) in [4.78, 5) is 12.2. The van der Waals surface area contributed by atoms with Gasteiger partial charge in [0.1, 0.15) is 5.78 Å². The monoisotopic (exact) mass is 319 g/mol. The van der Waals surface area contributed by atoms with Crippen molar-refractivity contribution in [1.29, 1.82) is 0 Å². The second-order valence-electron chi connectivity index (χ2n) is 7.66. The van der Waals surface area contributed by atoms with Gasteiger partial charge in [-0.15, -0.1) is 5.10 Å². The second-order valence-corrected chi connectivity index (χ2v) is 7.66. The minimum Gasteiger partial charge on any atom is -0.299 e. The summed E-state index contributed by atoms with van der Waals surface area (Å²) in [5.41, 5.74) is 0.873. The second kappa shape index (κ2) is 8.60. The summed E-state index contributed by atoms with van der Waals surface area (Å²) in [6.07, 6.45) is 13.1. The third kappa shape index (κ3) is 5.15. The van der Waals surface area contributed by atoms with E-state index in [1.165, 1.54) is 38.5 Å². The fraction of sp³-hybridized carbons (Fsp3) is 0.842. The summed E-state index contributed by atoms with van der Waals surface area (Å²) in [7, 11) is 0. The number of carbonyl (C=O) groups excluding carboxylic acids is 1. The van der Waals surface area contributed by atoms with Crippen molar-refractivity contribution in [2.24, 2.45) is 11.3 Å². The molecule has 0 aromatic carbocycles. The zero-order valence-corrected chi connectivity index (χ0v) is 15.2. The van der Waals surface area contributed by atoms with E-state index in [0.29, 0.717) is 12.2 Å². The lowest BCUT2D eigenvalue weighted by Crippen LogP contribution is -2.39. The van der Waals surface area contributed by atoms with Crippen LogP contribution in [0.25, 0.3) is 0 Å². The molecule has 0 atom stereocenters. The molecule has 1 aromatic heterocycles. The average Bonchev–Trinajstić information content (AvgIpc) is 2.93. The summed E-state index contributed by atoms with van der Waals surface area (Å²) in [5.74, 6) is 1.22. The third-order valence-electron chi connectivity index (χ3n) is 5.25. The van der Waals surface area contributed by atoms with Gasteiger partial charge in [-0.1, -0.05) is 58.1 Å². The highest BCUT2D eigenvalue weighted by Gasteiger charge is 2.43. The van der Waals surface area contributed by atoms with E-state index in [2.05, 4.69) is 30.4 Å². The number of unbranched alkanes of at least 4 members (excludes halogenated alkanes) is 3. The Bertz CT molecular complexity index is 489. The molecule has 1 saturated carbocycles. The first-order chi connectivity index (χ1) is 11.1. The van der Waals surface area contributed by atoms with Gasteiger partial charge in [-0.05, 0) is 25.2 Å². The number of ketones is 1. The minimum absolute atomic E-state index is 0.119. The third-order valence-corrected chi connectivity index (χ3v) is 5.25. The average molecular weight is 319 g/mol. The molecule has 23 heavy (non-hydrogen) atoms. The zero-order valence-electron chi connectivity index (χ0n) is 15.2. The lowest BCUT2D eigenvalue weighted by molar-refractivity contribution is -0.133. The van der Waals surface area contributed by atoms with E-state index in [1.54, 1.807) is 0 Å². The first-order valence-electron chi connectivity index (χ1n) is 9.48. The predicted molar refractivity (Wildman–Crippen MR) is 93.2 cm³/mol. The molecule has 0 amide bonds. The van der Waals surface area contributed by atoms with Crippen LogP contribution in [-0.2, 0) is 17.8 Å². The van der Waals surface area contributed by atoms with E-state index in [4.69, 9.17) is 0 Å². The maximum atomic E-state index is 12.2. The number of aryl methyl sites for hydroxylation is 1. The lowest BCUT2D eigenvalue weighted by Gasteiger charge is -2.39. The smallest absolute Gasteiger partial charge is 0.139 e. The predicted octanol–water partition coefficient (Wildman–Crippen LogP) is 4.58. The Morgan fingerprint density at radius 3 is 2.61 bits per heavy atom. The highest BCUT2D eigenvalue weighted by Crippen LogP contribution is 2.44. The number of nitrogens with zero attached hydrogens (tertiary/aromatic N) is 3. The normalized spacial score (nSPS) is 16.5. The molecule has 0 spiro atoms. The van der Waals surface area contributed by atoms with Gasteiger partial charge in [-0.2, -0.15) is 0 Å². The Labute approximate surface area is 141 Å². The van der Waals surface area contributed by atoms with E-state index in [9.17, 15) is 4.79 Å². The van der Waals surface area contributed by atoms with Crippen molar-refractivity contribution >= 4 is 5.78 Å². The molecule has 0 N–H and O–H groups in total. The van der Waals surface area contributed by atoms with Crippen molar-refractivity contribution in [3.63, 3.8) is 0 Å². The molecular formula is C19H33N3O. The van der Waals surface area contributed by atoms with Crippen molar-refractivity contribution in [3.05, 3.63) is 11.9 Å². The van der Waals surface area contributed by atoms with Crippen LogP contribution >= 0.6 is 0 Å². The van der Waals surface area contributed by atoms with Crippen molar-refractivity contribution in [3.8, 4) is 0 Å². The number of aromatic nitrogens is 3. The van der Waals surface area contributed by atoms with E-state index < -0.39 is 0 Å². The number of hydrogen-bond acceptors (Lipinski definition) is 3. The molecule has 0 unspecified atom stereocenters. The highest BCUT2D eigenvalue weighted by molar-refractivity contribution is 5.85. The maximum absolute atomic E-state index is 12.2. The molecule has 130 valence electrons. The van der Waals surface area contributed by atoms with Crippen molar-refractivity contribution < 1.29 is 4.79 Å². The topological polar surface area (TPSA) is 47.8 Å². The van der Waals surface area contributed by atoms with Crippen LogP contribution in [0, 0.1) is 11.3 Å². The first kappa shape index (κ1) is 18.2. The zero-order chi connectivity index (χ0) is 16.7. The van der Waals surface area contributed by atoms with Crippen molar-refractivity contribution in [2.45, 2.75) is 91.5 Å². The molecule has 0 bridgehead atoms. The van der Waals surface area contributed by atoms with Gasteiger partial charge < -0.3 is 0 Å². The van der Waals surface area contributed by atoms with Crippen LogP contribution in [0.5, 0.6) is 0 Å². The Hall–Kier alpha value is -1.19. The molecule has 0 radical (unpaired) electrons. The molecule has 1 fully saturated rings. The first-order valence-corrected chi connectivity index (χ1v) is 9.48. The van der Waals surface area contributed by atoms with Crippen LogP contribution in [0.3, 0.4) is 0 Å². The molecule has 1 aromatic rings. The van der Waals surface area contributed by atoms with Gasteiger partial charge in [0.05, 0.1) is 5.69 Å². The SMILES string of the molecule is CCC(=O)C1(Cc2cn(CCCCCCC(C)C)nn2)CCC1. The maximum Gasteiger partial charge on any atom is 0.139 e. The fourth-order valence-electron chi connectivity index (χ4n) is 3.59. The Kier molecular flexibility index (Phi) is 6.79. The molecule has 1 aliphatic carbocycles. The van der Waals surface area contributed by atoms with Gasteiger partial charge in [0, 0.05) is 31.0 Å². The summed E-state index contributed by atoms with van der Waals surface area (Å²) < 4.78 is 1.96. The Morgan fingerprint density at radius 1 is 1.26 bits per heavy atom. The van der Waals surface area contributed by atoms with Crippen LogP contribution in [0.1, 0.15) is 84.3 Å². The summed E-state index contributed by atoms with van der Waals surface area (Å²) >= 11 is 0. The molecule has 1 aliphatic rings. The molecule has 4 heteroatoms. The van der Waals surface area contributed by atoms with Crippen LogP contribution in [-0.4, -0.2) is 20.8 Å². The standard InChI is InChI=1S/C19H33N3O/c1-4-18(23)19(11-9-12-19)14-17-15-22(21-20-17)13-8-6-5-7-10-16(2)3/h15-16H,4-14H2,1-3H3. The molecule has 2 rings (SSSR count). The van der Waals surface area contributed by atoms with Gasteiger partial charge in [-0.3, -0.25) is 9.48 Å². The molecule has 1 heterocycles. The number of rotatable bonds is 11. The molecule has 0 aliphatic heterocycles. The molecule has 4 nitrogen and oxygen atoms in total. The Balaban J connectivity index is 1.72. The summed E-state index contributed by atoms with van der Waals surface area (Å²) in [5, 5.41) is 8.54. The fourth-order valence-corrected chi connectivity index (χ4v) is 3.59. The summed E-state index contributed by atoms with van der Waals surface area (Å²) in [6.45, 7) is 7.49. The van der Waals surface area contributed by atoms with Gasteiger partial charge in [0.15, 0.2) is 0 Å². The van der Waals surface area contributed by atoms with Gasteiger partial charge in [0.25, 0.3) is 0 Å². The van der Waals surface area contributed by atoms with Gasteiger partial charge in [0.2, 0.25) is 0 Å². The van der Waals surface area contributed by atoms with Crippen molar-refractivity contribution in [2.75, 3.05) is 0 Å². The van der Waals surface area contributed by atoms with E-state index in [-0.39, 0.29) is 5.41 Å². The number of Topliss-reactive ketones (excluding diaryl/α,β-unsaturated/α-hetero) is 1. The number of carbonyl (C=O) groups is 1. The molecule has 0 saturated heterocycles. The Morgan fingerprint density at radius 2 is 2.00 bits per heavy atom. The largest absolute Gasteiger partial charge is 0.299 e. The quantitative estimate of drug-likeness (QED) is 0.561. The van der Waals surface area contributed by atoms with E-state index >= 15 is 0 Å². The lowest BCUT2D eigenvalue weighted by atomic mass is 9.63. The van der Waals surface area contributed by atoms with Crippen LogP contribution in [0.15, 0.2) is 6.20 Å². The molecular weight excluding hydrogens is 286 g/mol. The van der Waals surface area contributed by atoms with E-state index in [0.717, 1.165) is 37.4 Å². The summed E-state index contributed by atoms with van der Waals surface area (Å²) in [6, 6.07) is 0. The number of hydrogen-bond donors (Lipinski definition) is 0. The minimum atomic E-state index is -0.119. The van der Waals surface area contributed by atoms with Gasteiger partial charge in [-0.25, -0.2) is 0 Å². The van der Waals surface area contributed by atoms with E-state index in [1.807, 2.05) is 11.6 Å². The van der Waals surface area contributed by atoms with Crippen molar-refractivity contribution in [1.82, 2.24) is 15.0 Å². The van der Waals surface area contributed by atoms with Crippen LogP contribution in [0.4, 0.5) is 0 Å². The van der Waals surface area contributed by atoms with Crippen LogP contribution in [0.2, 0.25) is 0 Å².